The Balaban J connectivity index is -0.000000350. The molecule has 0 aromatic rings. The number of hydrogen-bond acceptors (Lipinski definition) is 9. The van der Waals surface area contributed by atoms with Crippen LogP contribution in [0.3, 0.4) is 0 Å². The van der Waals surface area contributed by atoms with E-state index >= 15 is 0 Å². The molecule has 0 aliphatic carbocycles. The van der Waals surface area contributed by atoms with E-state index in [1.54, 1.807) is 0 Å². The summed E-state index contributed by atoms with van der Waals surface area (Å²) in [4.78, 5) is 39.9. The fourth-order valence-electron chi connectivity index (χ4n) is 1.19. The van der Waals surface area contributed by atoms with Crippen molar-refractivity contribution in [3.63, 3.8) is 0 Å². The van der Waals surface area contributed by atoms with Crippen LogP contribution in [0, 0.1) is 0 Å². The Morgan fingerprint density at radius 3 is 1.24 bits per heavy atom. The number of carboxylic acids is 2. The van der Waals surface area contributed by atoms with E-state index in [4.69, 9.17) is 15.2 Å². The second-order valence-electron chi connectivity index (χ2n) is 8.21. The summed E-state index contributed by atoms with van der Waals surface area (Å²) in [6, 6.07) is -1.46. The number of hydrogen-bond donors (Lipinski definition) is 1. The van der Waals surface area contributed by atoms with E-state index in [0.29, 0.717) is 13.2 Å². The SMILES string of the molecule is CC(=O)OCC[N+](C)(C)C.CC(=O)OCC[N+](C)(C)C.N[C@@H](CC(=O)[O-])C(=O)[O-]. The number of nitrogens with zero attached hydrogens (tertiary/aromatic N) is 2. The molecule has 0 aromatic heterocycles. The Morgan fingerprint density at radius 2 is 1.10 bits per heavy atom. The van der Waals surface area contributed by atoms with E-state index in [1.807, 2.05) is 0 Å². The highest BCUT2D eigenvalue weighted by molar-refractivity contribution is 5.78. The average molecular weight is 424 g/mol. The van der Waals surface area contributed by atoms with Gasteiger partial charge in [-0.2, -0.15) is 0 Å². The number of esters is 2. The minimum atomic E-state index is -1.58. The van der Waals surface area contributed by atoms with Crippen LogP contribution in [0.4, 0.5) is 0 Å². The zero-order chi connectivity index (χ0) is 23.8. The average Bonchev–Trinajstić information content (AvgIpc) is 2.44. The van der Waals surface area contributed by atoms with Crippen LogP contribution in [-0.2, 0) is 28.7 Å². The van der Waals surface area contributed by atoms with E-state index in [2.05, 4.69) is 42.3 Å². The van der Waals surface area contributed by atoms with Crippen LogP contribution in [0.15, 0.2) is 0 Å². The highest BCUT2D eigenvalue weighted by Gasteiger charge is 2.07. The molecular weight excluding hydrogens is 386 g/mol. The van der Waals surface area contributed by atoms with E-state index in [9.17, 15) is 29.4 Å². The largest absolute Gasteiger partial charge is 0.550 e. The number of quaternary nitrogens is 2. The molecule has 0 aromatic carbocycles. The van der Waals surface area contributed by atoms with E-state index < -0.39 is 24.4 Å². The van der Waals surface area contributed by atoms with Crippen molar-refractivity contribution in [2.24, 2.45) is 5.73 Å². The monoisotopic (exact) mass is 423 g/mol. The molecule has 0 fully saturated rings. The molecule has 0 saturated heterocycles. The van der Waals surface area contributed by atoms with Crippen molar-refractivity contribution in [1.29, 1.82) is 0 Å². The highest BCUT2D eigenvalue weighted by atomic mass is 16.5. The van der Waals surface area contributed by atoms with Crippen molar-refractivity contribution in [2.45, 2.75) is 26.3 Å². The molecule has 0 saturated carbocycles. The summed E-state index contributed by atoms with van der Waals surface area (Å²) in [5, 5.41) is 19.3. The van der Waals surface area contributed by atoms with Gasteiger partial charge in [0.2, 0.25) is 0 Å². The predicted molar refractivity (Wildman–Crippen MR) is 102 cm³/mol. The maximum Gasteiger partial charge on any atom is 0.302 e. The lowest BCUT2D eigenvalue weighted by Crippen LogP contribution is -2.45. The quantitative estimate of drug-likeness (QED) is 0.296. The molecule has 0 radical (unpaired) electrons. The summed E-state index contributed by atoms with van der Waals surface area (Å²) in [5.41, 5.74) is 4.73. The Bertz CT molecular complexity index is 480. The van der Waals surface area contributed by atoms with Crippen molar-refractivity contribution in [3.8, 4) is 0 Å². The van der Waals surface area contributed by atoms with E-state index in [-0.39, 0.29) is 11.9 Å². The number of ether oxygens (including phenoxy) is 2. The summed E-state index contributed by atoms with van der Waals surface area (Å²) in [6.07, 6.45) is -0.706. The normalized spacial score (nSPS) is 11.6. The van der Waals surface area contributed by atoms with Crippen LogP contribution in [0.25, 0.3) is 0 Å². The van der Waals surface area contributed by atoms with E-state index in [1.165, 1.54) is 13.8 Å². The first-order chi connectivity index (χ1) is 12.9. The minimum absolute atomic E-state index is 0.201. The molecule has 11 heteroatoms. The predicted octanol–water partition coefficient (Wildman–Crippen LogP) is -3.28. The van der Waals surface area contributed by atoms with Gasteiger partial charge in [-0.15, -0.1) is 0 Å². The van der Waals surface area contributed by atoms with Gasteiger partial charge < -0.3 is 44.0 Å². The van der Waals surface area contributed by atoms with Gasteiger partial charge in [0, 0.05) is 32.3 Å². The molecular formula is C18H37N3O8. The molecule has 0 aliphatic rings. The third-order valence-electron chi connectivity index (χ3n) is 2.82. The molecule has 172 valence electrons. The molecule has 0 amide bonds. The Kier molecular flexibility index (Phi) is 17.0. The number of carbonyl (C=O) groups excluding carboxylic acids is 4. The maximum absolute atomic E-state index is 10.3. The van der Waals surface area contributed by atoms with Crippen molar-refractivity contribution >= 4 is 23.9 Å². The maximum atomic E-state index is 10.3. The van der Waals surface area contributed by atoms with Gasteiger partial charge in [-0.05, 0) is 0 Å². The van der Waals surface area contributed by atoms with Crippen molar-refractivity contribution < 1.29 is 47.8 Å². The summed E-state index contributed by atoms with van der Waals surface area (Å²) in [7, 11) is 12.4. The molecule has 2 N–H and O–H groups in total. The van der Waals surface area contributed by atoms with Crippen molar-refractivity contribution in [2.75, 3.05) is 68.6 Å². The molecule has 0 bridgehead atoms. The summed E-state index contributed by atoms with van der Waals surface area (Å²) >= 11 is 0. The lowest BCUT2D eigenvalue weighted by atomic mass is 10.2. The third kappa shape index (κ3) is 37.2. The summed E-state index contributed by atoms with van der Waals surface area (Å²) in [6.45, 7) is 5.60. The minimum Gasteiger partial charge on any atom is -0.550 e. The topological polar surface area (TPSA) is 159 Å². The fraction of sp³-hybridized carbons (Fsp3) is 0.778. The van der Waals surface area contributed by atoms with Crippen molar-refractivity contribution in [1.82, 2.24) is 0 Å². The second kappa shape index (κ2) is 15.7. The molecule has 1 atom stereocenters. The van der Waals surface area contributed by atoms with Gasteiger partial charge in [-0.25, -0.2) is 0 Å². The van der Waals surface area contributed by atoms with Crippen LogP contribution in [-0.4, -0.2) is 107 Å². The number of nitrogens with two attached hydrogens (primary N) is 1. The number of likely N-dealkylation sites (N-methyl/N-ethyl adjacent to an activating group) is 2. The Hall–Kier alpha value is -2.24. The molecule has 11 nitrogen and oxygen atoms in total. The van der Waals surface area contributed by atoms with Crippen LogP contribution in [0.5, 0.6) is 0 Å². The lowest BCUT2D eigenvalue weighted by Gasteiger charge is -2.23. The number of rotatable bonds is 9. The number of carbonyl (C=O) groups is 4. The molecule has 0 aliphatic heterocycles. The van der Waals surface area contributed by atoms with Gasteiger partial charge in [0.05, 0.1) is 48.3 Å². The lowest BCUT2D eigenvalue weighted by molar-refractivity contribution is -0.870. The van der Waals surface area contributed by atoms with Crippen LogP contribution < -0.4 is 15.9 Å². The van der Waals surface area contributed by atoms with Gasteiger partial charge in [-0.3, -0.25) is 9.59 Å². The first-order valence-electron chi connectivity index (χ1n) is 8.91. The smallest absolute Gasteiger partial charge is 0.302 e. The molecule has 0 heterocycles. The van der Waals surface area contributed by atoms with Gasteiger partial charge >= 0.3 is 11.9 Å². The van der Waals surface area contributed by atoms with Crippen LogP contribution in [0.2, 0.25) is 0 Å². The Labute approximate surface area is 173 Å². The van der Waals surface area contributed by atoms with Gasteiger partial charge in [0.15, 0.2) is 0 Å². The summed E-state index contributed by atoms with van der Waals surface area (Å²) in [5.74, 6) is -3.48. The zero-order valence-electron chi connectivity index (χ0n) is 18.9. The number of aliphatic carboxylic acids is 2. The molecule has 29 heavy (non-hydrogen) atoms. The van der Waals surface area contributed by atoms with E-state index in [0.717, 1.165) is 22.1 Å². The van der Waals surface area contributed by atoms with Gasteiger partial charge in [0.1, 0.15) is 26.3 Å². The van der Waals surface area contributed by atoms with Gasteiger partial charge in [-0.1, -0.05) is 0 Å². The first kappa shape index (κ1) is 31.5. The highest BCUT2D eigenvalue weighted by Crippen LogP contribution is 1.89. The molecule has 0 rings (SSSR count). The zero-order valence-corrected chi connectivity index (χ0v) is 18.9. The van der Waals surface area contributed by atoms with Crippen LogP contribution in [0.1, 0.15) is 20.3 Å². The molecule has 0 spiro atoms. The third-order valence-corrected chi connectivity index (χ3v) is 2.82. The first-order valence-corrected chi connectivity index (χ1v) is 8.91. The standard InChI is InChI=1S/2C7H16NO2.C4H7NO4/c2*1-7(9)10-6-5-8(2,3)4;5-2(4(8)9)1-3(6)7/h2*5-6H2,1-4H3;2H,1,5H2,(H,6,7)(H,8,9)/q2*+1;/p-2/t;;2-/m..0/s1. The second-order valence-corrected chi connectivity index (χ2v) is 8.21. The van der Waals surface area contributed by atoms with Crippen molar-refractivity contribution in [3.05, 3.63) is 0 Å². The summed E-state index contributed by atoms with van der Waals surface area (Å²) < 4.78 is 11.2. The molecule has 0 unspecified atom stereocenters. The van der Waals surface area contributed by atoms with Gasteiger partial charge in [0.25, 0.3) is 0 Å². The number of carboxylic acid groups (broad SMARTS) is 2. The Morgan fingerprint density at radius 1 is 0.793 bits per heavy atom. The fourth-order valence-corrected chi connectivity index (χ4v) is 1.19. The van der Waals surface area contributed by atoms with Crippen LogP contribution >= 0.6 is 0 Å².